The normalized spacial score (nSPS) is 12.6. The number of hydrogen-bond donors (Lipinski definition) is 0. The van der Waals surface area contributed by atoms with E-state index in [0.717, 1.165) is 10.9 Å². The van der Waals surface area contributed by atoms with Crippen LogP contribution in [0.2, 0.25) is 0 Å². The van der Waals surface area contributed by atoms with E-state index in [0.29, 0.717) is 16.8 Å². The van der Waals surface area contributed by atoms with Crippen LogP contribution in [-0.4, -0.2) is 22.6 Å². The number of aromatic nitrogens is 3. The van der Waals surface area contributed by atoms with Gasteiger partial charge in [0.25, 0.3) is 10.0 Å². The molecule has 4 aromatic rings. The van der Waals surface area contributed by atoms with Crippen LogP contribution >= 0.6 is 0 Å². The van der Waals surface area contributed by atoms with Gasteiger partial charge in [0.2, 0.25) is 0 Å². The van der Waals surface area contributed by atoms with Crippen molar-refractivity contribution in [3.63, 3.8) is 0 Å². The van der Waals surface area contributed by atoms with Crippen molar-refractivity contribution >= 4 is 20.9 Å². The molecule has 0 amide bonds. The third-order valence-corrected chi connectivity index (χ3v) is 6.31. The quantitative estimate of drug-likeness (QED) is 0.533. The second-order valence-corrected chi connectivity index (χ2v) is 8.27. The fraction of sp³-hybridized carbons (Fsp3) is 0.0952. The molecule has 0 saturated heterocycles. The molecule has 0 spiro atoms. The summed E-state index contributed by atoms with van der Waals surface area (Å²) in [7, 11) is -3.75. The van der Waals surface area contributed by atoms with Gasteiger partial charge >= 0.3 is 0 Å². The maximum Gasteiger partial charge on any atom is 0.268 e. The van der Waals surface area contributed by atoms with Crippen LogP contribution in [0, 0.1) is 18.3 Å². The van der Waals surface area contributed by atoms with E-state index in [1.54, 1.807) is 54.7 Å². The fourth-order valence-electron chi connectivity index (χ4n) is 3.11. The molecule has 2 aromatic carbocycles. The molecule has 0 fully saturated rings. The van der Waals surface area contributed by atoms with Gasteiger partial charge in [-0.15, -0.1) is 0 Å². The van der Waals surface area contributed by atoms with Crippen molar-refractivity contribution in [2.75, 3.05) is 0 Å². The first-order valence-corrected chi connectivity index (χ1v) is 10.1. The highest BCUT2D eigenvalue weighted by molar-refractivity contribution is 7.90. The standard InChI is InChI=1S/C21H16N4O2S/c1-15-4-8-18(9-5-15)28(26,27)25-12-10-16-6-7-17(13-21(16)25)19(14-22)20-3-2-11-23-24-20/h2-13,19H,1H3. The van der Waals surface area contributed by atoms with Gasteiger partial charge in [-0.05, 0) is 48.9 Å². The summed E-state index contributed by atoms with van der Waals surface area (Å²) in [6.07, 6.45) is 3.08. The lowest BCUT2D eigenvalue weighted by molar-refractivity contribution is 0.589. The number of fused-ring (bicyclic) bond motifs is 1. The third-order valence-electron chi connectivity index (χ3n) is 4.61. The van der Waals surface area contributed by atoms with Crippen molar-refractivity contribution in [2.24, 2.45) is 0 Å². The molecular weight excluding hydrogens is 372 g/mol. The molecule has 6 nitrogen and oxygen atoms in total. The summed E-state index contributed by atoms with van der Waals surface area (Å²) in [6, 6.07) is 19.5. The highest BCUT2D eigenvalue weighted by Crippen LogP contribution is 2.28. The maximum atomic E-state index is 13.1. The van der Waals surface area contributed by atoms with Gasteiger partial charge in [-0.2, -0.15) is 15.5 Å². The van der Waals surface area contributed by atoms with Crippen molar-refractivity contribution in [1.29, 1.82) is 5.26 Å². The minimum atomic E-state index is -3.75. The minimum absolute atomic E-state index is 0.215. The average Bonchev–Trinajstić information content (AvgIpc) is 3.14. The Bertz CT molecular complexity index is 1290. The van der Waals surface area contributed by atoms with Gasteiger partial charge in [-0.3, -0.25) is 0 Å². The smallest absolute Gasteiger partial charge is 0.241 e. The zero-order chi connectivity index (χ0) is 19.7. The average molecular weight is 388 g/mol. The van der Waals surface area contributed by atoms with Crippen LogP contribution in [0.5, 0.6) is 0 Å². The molecule has 0 aliphatic heterocycles. The van der Waals surface area contributed by atoms with Crippen LogP contribution in [-0.2, 0) is 10.0 Å². The zero-order valence-corrected chi connectivity index (χ0v) is 15.8. The van der Waals surface area contributed by atoms with Crippen LogP contribution in [0.4, 0.5) is 0 Å². The molecule has 0 bridgehead atoms. The fourth-order valence-corrected chi connectivity index (χ4v) is 4.46. The molecule has 28 heavy (non-hydrogen) atoms. The number of hydrogen-bond acceptors (Lipinski definition) is 5. The minimum Gasteiger partial charge on any atom is -0.241 e. The van der Waals surface area contributed by atoms with E-state index in [9.17, 15) is 13.7 Å². The molecule has 0 radical (unpaired) electrons. The number of benzene rings is 2. The van der Waals surface area contributed by atoms with Gasteiger partial charge in [0.1, 0.15) is 5.92 Å². The molecule has 0 aliphatic carbocycles. The SMILES string of the molecule is Cc1ccc(S(=O)(=O)n2ccc3ccc(C(C#N)c4cccnn4)cc32)cc1. The second kappa shape index (κ2) is 6.91. The molecule has 1 atom stereocenters. The van der Waals surface area contributed by atoms with Crippen LogP contribution in [0.25, 0.3) is 10.9 Å². The number of rotatable bonds is 4. The van der Waals surface area contributed by atoms with Gasteiger partial charge in [0.15, 0.2) is 0 Å². The van der Waals surface area contributed by atoms with Crippen molar-refractivity contribution in [3.8, 4) is 6.07 Å². The van der Waals surface area contributed by atoms with Crippen LogP contribution in [0.3, 0.4) is 0 Å². The van der Waals surface area contributed by atoms with E-state index in [2.05, 4.69) is 16.3 Å². The molecule has 138 valence electrons. The van der Waals surface area contributed by atoms with Crippen molar-refractivity contribution in [1.82, 2.24) is 14.2 Å². The number of nitrogens with zero attached hydrogens (tertiary/aromatic N) is 4. The molecule has 0 N–H and O–H groups in total. The Labute approximate surface area is 162 Å². The summed E-state index contributed by atoms with van der Waals surface area (Å²) < 4.78 is 27.5. The first kappa shape index (κ1) is 17.9. The van der Waals surface area contributed by atoms with Crippen molar-refractivity contribution in [3.05, 3.63) is 89.9 Å². The Morgan fingerprint density at radius 1 is 1.07 bits per heavy atom. The molecule has 0 saturated carbocycles. The first-order valence-electron chi connectivity index (χ1n) is 8.61. The number of nitriles is 1. The largest absolute Gasteiger partial charge is 0.268 e. The maximum absolute atomic E-state index is 13.1. The third kappa shape index (κ3) is 3.04. The van der Waals surface area contributed by atoms with Gasteiger partial charge in [-0.1, -0.05) is 29.8 Å². The van der Waals surface area contributed by atoms with Gasteiger partial charge < -0.3 is 0 Å². The second-order valence-electron chi connectivity index (χ2n) is 6.46. The molecule has 2 aromatic heterocycles. The Balaban J connectivity index is 1.85. The Morgan fingerprint density at radius 2 is 1.86 bits per heavy atom. The molecule has 0 aliphatic rings. The predicted octanol–water partition coefficient (Wildman–Crippen LogP) is 3.63. The van der Waals surface area contributed by atoms with Crippen molar-refractivity contribution < 1.29 is 8.42 Å². The monoisotopic (exact) mass is 388 g/mol. The summed E-state index contributed by atoms with van der Waals surface area (Å²) in [6.45, 7) is 1.90. The Kier molecular flexibility index (Phi) is 4.41. The lowest BCUT2D eigenvalue weighted by Crippen LogP contribution is -2.12. The molecule has 4 rings (SSSR count). The zero-order valence-electron chi connectivity index (χ0n) is 15.0. The Morgan fingerprint density at radius 3 is 2.54 bits per heavy atom. The van der Waals surface area contributed by atoms with Crippen LogP contribution in [0.1, 0.15) is 22.7 Å². The molecule has 7 heteroatoms. The van der Waals surface area contributed by atoms with Crippen LogP contribution < -0.4 is 0 Å². The van der Waals surface area contributed by atoms with Crippen LogP contribution in [0.15, 0.2) is 78.0 Å². The lowest BCUT2D eigenvalue weighted by atomic mass is 9.96. The van der Waals surface area contributed by atoms with E-state index < -0.39 is 15.9 Å². The van der Waals surface area contributed by atoms with E-state index >= 15 is 0 Å². The van der Waals surface area contributed by atoms with E-state index in [4.69, 9.17) is 0 Å². The predicted molar refractivity (Wildman–Crippen MR) is 105 cm³/mol. The highest BCUT2D eigenvalue weighted by atomic mass is 32.2. The molecule has 2 heterocycles. The van der Waals surface area contributed by atoms with Crippen molar-refractivity contribution in [2.45, 2.75) is 17.7 Å². The Hall–Kier alpha value is -3.50. The van der Waals surface area contributed by atoms with E-state index in [1.165, 1.54) is 10.2 Å². The van der Waals surface area contributed by atoms with E-state index in [1.807, 2.05) is 19.1 Å². The lowest BCUT2D eigenvalue weighted by Gasteiger charge is -2.11. The topological polar surface area (TPSA) is 88.6 Å². The summed E-state index contributed by atoms with van der Waals surface area (Å²) >= 11 is 0. The van der Waals surface area contributed by atoms with Gasteiger partial charge in [-0.25, -0.2) is 12.4 Å². The van der Waals surface area contributed by atoms with Gasteiger partial charge in [0.05, 0.1) is 22.2 Å². The van der Waals surface area contributed by atoms with Gasteiger partial charge in [0, 0.05) is 17.8 Å². The summed E-state index contributed by atoms with van der Waals surface area (Å²) in [5, 5.41) is 18.3. The number of aryl methyl sites for hydroxylation is 1. The highest BCUT2D eigenvalue weighted by Gasteiger charge is 2.21. The van der Waals surface area contributed by atoms with E-state index in [-0.39, 0.29) is 4.90 Å². The molecular formula is C21H16N4O2S. The summed E-state index contributed by atoms with van der Waals surface area (Å²) in [5.41, 5.74) is 2.68. The first-order chi connectivity index (χ1) is 13.5. The summed E-state index contributed by atoms with van der Waals surface area (Å²) in [4.78, 5) is 0.215. The summed E-state index contributed by atoms with van der Waals surface area (Å²) in [5.74, 6) is -0.636. The molecule has 1 unspecified atom stereocenters.